The normalized spacial score (nSPS) is 10.2. The minimum atomic E-state index is -0.190. The van der Waals surface area contributed by atoms with Crippen molar-refractivity contribution in [2.75, 3.05) is 5.32 Å². The van der Waals surface area contributed by atoms with Crippen molar-refractivity contribution >= 4 is 23.2 Å². The number of nitrogens with one attached hydrogen (secondary N) is 1. The van der Waals surface area contributed by atoms with Crippen molar-refractivity contribution in [1.82, 2.24) is 0 Å². The van der Waals surface area contributed by atoms with Crippen LogP contribution in [-0.4, -0.2) is 5.91 Å². The number of amides is 1. The van der Waals surface area contributed by atoms with E-state index in [9.17, 15) is 4.79 Å². The lowest BCUT2D eigenvalue weighted by molar-refractivity contribution is 0.102. The zero-order valence-corrected chi connectivity index (χ0v) is 13.9. The van der Waals surface area contributed by atoms with Crippen molar-refractivity contribution in [3.05, 3.63) is 88.9 Å². The summed E-state index contributed by atoms with van der Waals surface area (Å²) >= 11 is 6.13. The van der Waals surface area contributed by atoms with Gasteiger partial charge >= 0.3 is 0 Å². The highest BCUT2D eigenvalue weighted by molar-refractivity contribution is 6.32. The molecule has 0 saturated heterocycles. The van der Waals surface area contributed by atoms with Gasteiger partial charge in [0, 0.05) is 5.56 Å². The van der Waals surface area contributed by atoms with Gasteiger partial charge in [0.2, 0.25) is 0 Å². The van der Waals surface area contributed by atoms with Gasteiger partial charge in [0.1, 0.15) is 5.75 Å². The average molecular weight is 338 g/mol. The fourth-order valence-corrected chi connectivity index (χ4v) is 2.38. The Kier molecular flexibility index (Phi) is 4.82. The lowest BCUT2D eigenvalue weighted by Crippen LogP contribution is -2.12. The van der Waals surface area contributed by atoms with Crippen molar-refractivity contribution in [2.45, 2.75) is 6.92 Å². The predicted octanol–water partition coefficient (Wildman–Crippen LogP) is 5.69. The summed E-state index contributed by atoms with van der Waals surface area (Å²) < 4.78 is 5.85. The lowest BCUT2D eigenvalue weighted by Gasteiger charge is -2.13. The second-order valence-electron chi connectivity index (χ2n) is 5.35. The Hall–Kier alpha value is -2.78. The summed E-state index contributed by atoms with van der Waals surface area (Å²) in [4.78, 5) is 12.4. The molecule has 0 aliphatic heterocycles. The molecule has 4 heteroatoms. The second-order valence-corrected chi connectivity index (χ2v) is 5.76. The van der Waals surface area contributed by atoms with E-state index in [1.54, 1.807) is 36.4 Å². The van der Waals surface area contributed by atoms with Crippen molar-refractivity contribution in [2.24, 2.45) is 0 Å². The molecular weight excluding hydrogens is 322 g/mol. The van der Waals surface area contributed by atoms with Gasteiger partial charge in [-0.2, -0.15) is 0 Å². The number of benzene rings is 3. The third kappa shape index (κ3) is 3.76. The number of hydrogen-bond acceptors (Lipinski definition) is 2. The van der Waals surface area contributed by atoms with E-state index in [1.807, 2.05) is 43.3 Å². The quantitative estimate of drug-likeness (QED) is 0.663. The van der Waals surface area contributed by atoms with Crippen LogP contribution in [0.5, 0.6) is 11.5 Å². The average Bonchev–Trinajstić information content (AvgIpc) is 2.59. The number of halogens is 1. The number of hydrogen-bond donors (Lipinski definition) is 1. The highest BCUT2D eigenvalue weighted by atomic mass is 35.5. The van der Waals surface area contributed by atoms with Crippen molar-refractivity contribution in [3.8, 4) is 11.5 Å². The van der Waals surface area contributed by atoms with Crippen molar-refractivity contribution in [3.63, 3.8) is 0 Å². The zero-order chi connectivity index (χ0) is 16.9. The summed E-state index contributed by atoms with van der Waals surface area (Å²) in [6.45, 7) is 1.98. The predicted molar refractivity (Wildman–Crippen MR) is 97.1 cm³/mol. The summed E-state index contributed by atoms with van der Waals surface area (Å²) in [5.41, 5.74) is 2.28. The summed E-state index contributed by atoms with van der Waals surface area (Å²) in [5, 5.41) is 3.39. The third-order valence-corrected chi connectivity index (χ3v) is 3.82. The molecule has 0 fully saturated rings. The van der Waals surface area contributed by atoms with Crippen LogP contribution in [0.1, 0.15) is 15.9 Å². The number of rotatable bonds is 4. The number of anilines is 1. The summed E-state index contributed by atoms with van der Waals surface area (Å²) in [6.07, 6.45) is 0. The monoisotopic (exact) mass is 337 g/mol. The summed E-state index contributed by atoms with van der Waals surface area (Å²) in [5.74, 6) is 0.882. The molecule has 0 spiro atoms. The Morgan fingerprint density at radius 2 is 1.50 bits per heavy atom. The smallest absolute Gasteiger partial charge is 0.255 e. The first kappa shape index (κ1) is 16.1. The fourth-order valence-electron chi connectivity index (χ4n) is 2.20. The highest BCUT2D eigenvalue weighted by Crippen LogP contribution is 2.33. The molecule has 3 aromatic rings. The maximum atomic E-state index is 12.4. The molecule has 0 aromatic heterocycles. The molecule has 0 atom stereocenters. The van der Waals surface area contributed by atoms with Crippen LogP contribution >= 0.6 is 11.6 Å². The Labute approximate surface area is 145 Å². The standard InChI is InChI=1S/C20H16ClNO2/c1-14-10-12-15(13-11-14)20(23)22-17-7-3-5-9-19(17)24-18-8-4-2-6-16(18)21/h2-13H,1H3,(H,22,23). The zero-order valence-electron chi connectivity index (χ0n) is 13.1. The minimum absolute atomic E-state index is 0.190. The Morgan fingerprint density at radius 1 is 0.875 bits per heavy atom. The molecule has 3 rings (SSSR count). The van der Waals surface area contributed by atoms with Crippen molar-refractivity contribution < 1.29 is 9.53 Å². The lowest BCUT2D eigenvalue weighted by atomic mass is 10.1. The van der Waals surface area contributed by atoms with E-state index < -0.39 is 0 Å². The van der Waals surface area contributed by atoms with Gasteiger partial charge in [0.15, 0.2) is 5.75 Å². The molecule has 0 bridgehead atoms. The van der Waals surface area contributed by atoms with E-state index in [0.717, 1.165) is 5.56 Å². The van der Waals surface area contributed by atoms with E-state index >= 15 is 0 Å². The van der Waals surface area contributed by atoms with Gasteiger partial charge in [0.25, 0.3) is 5.91 Å². The van der Waals surface area contributed by atoms with Crippen molar-refractivity contribution in [1.29, 1.82) is 0 Å². The van der Waals surface area contributed by atoms with Gasteiger partial charge in [0.05, 0.1) is 10.7 Å². The van der Waals surface area contributed by atoms with Crippen LogP contribution in [0.2, 0.25) is 5.02 Å². The first-order chi connectivity index (χ1) is 11.6. The van der Waals surface area contributed by atoms with Gasteiger partial charge in [-0.15, -0.1) is 0 Å². The van der Waals surface area contributed by atoms with Gasteiger partial charge in [-0.3, -0.25) is 4.79 Å². The molecule has 0 saturated carbocycles. The van der Waals surface area contributed by atoms with Crippen LogP contribution in [-0.2, 0) is 0 Å². The van der Waals surface area contributed by atoms with E-state index in [1.165, 1.54) is 0 Å². The van der Waals surface area contributed by atoms with E-state index in [0.29, 0.717) is 27.8 Å². The molecule has 0 aliphatic carbocycles. The second kappa shape index (κ2) is 7.20. The maximum absolute atomic E-state index is 12.4. The molecule has 3 aromatic carbocycles. The van der Waals surface area contributed by atoms with Gasteiger partial charge in [-0.25, -0.2) is 0 Å². The molecule has 1 N–H and O–H groups in total. The number of para-hydroxylation sites is 3. The molecule has 24 heavy (non-hydrogen) atoms. The topological polar surface area (TPSA) is 38.3 Å². The molecule has 1 amide bonds. The number of carbonyl (C=O) groups is 1. The summed E-state index contributed by atoms with van der Waals surface area (Å²) in [6, 6.07) is 21.9. The van der Waals surface area contributed by atoms with E-state index in [4.69, 9.17) is 16.3 Å². The SMILES string of the molecule is Cc1ccc(C(=O)Nc2ccccc2Oc2ccccc2Cl)cc1. The molecular formula is C20H16ClNO2. The molecule has 0 radical (unpaired) electrons. The molecule has 0 unspecified atom stereocenters. The van der Waals surface area contributed by atoms with Crippen LogP contribution in [0.4, 0.5) is 5.69 Å². The largest absolute Gasteiger partial charge is 0.454 e. The van der Waals surface area contributed by atoms with Crippen LogP contribution in [0.25, 0.3) is 0 Å². The Balaban J connectivity index is 1.83. The minimum Gasteiger partial charge on any atom is -0.454 e. The van der Waals surface area contributed by atoms with Crippen LogP contribution < -0.4 is 10.1 Å². The summed E-state index contributed by atoms with van der Waals surface area (Å²) in [7, 11) is 0. The maximum Gasteiger partial charge on any atom is 0.255 e. The van der Waals surface area contributed by atoms with E-state index in [2.05, 4.69) is 5.32 Å². The highest BCUT2D eigenvalue weighted by Gasteiger charge is 2.11. The fraction of sp³-hybridized carbons (Fsp3) is 0.0500. The first-order valence-electron chi connectivity index (χ1n) is 7.53. The van der Waals surface area contributed by atoms with Gasteiger partial charge in [-0.1, -0.05) is 53.6 Å². The molecule has 0 heterocycles. The number of carbonyl (C=O) groups excluding carboxylic acids is 1. The molecule has 3 nitrogen and oxygen atoms in total. The third-order valence-electron chi connectivity index (χ3n) is 3.51. The molecule has 0 aliphatic rings. The number of aryl methyl sites for hydroxylation is 1. The number of ether oxygens (including phenoxy) is 1. The first-order valence-corrected chi connectivity index (χ1v) is 7.91. The van der Waals surface area contributed by atoms with Crippen LogP contribution in [0.3, 0.4) is 0 Å². The molecule has 120 valence electrons. The van der Waals surface area contributed by atoms with Gasteiger partial charge < -0.3 is 10.1 Å². The van der Waals surface area contributed by atoms with Gasteiger partial charge in [-0.05, 0) is 43.3 Å². The van der Waals surface area contributed by atoms with Crippen LogP contribution in [0.15, 0.2) is 72.8 Å². The van der Waals surface area contributed by atoms with E-state index in [-0.39, 0.29) is 5.91 Å². The Morgan fingerprint density at radius 3 is 2.21 bits per heavy atom. The Bertz CT molecular complexity index is 860. The van der Waals surface area contributed by atoms with Crippen LogP contribution in [0, 0.1) is 6.92 Å².